The first kappa shape index (κ1) is 9.76. The van der Waals surface area contributed by atoms with Crippen LogP contribution in [0.1, 0.15) is 21.4 Å². The molecule has 2 aromatic rings. The third-order valence-electron chi connectivity index (χ3n) is 1.78. The molecule has 74 valence electrons. The van der Waals surface area contributed by atoms with Gasteiger partial charge in [0.05, 0.1) is 22.1 Å². The highest BCUT2D eigenvalue weighted by Gasteiger charge is 2.04. The summed E-state index contributed by atoms with van der Waals surface area (Å²) in [7, 11) is 0. The molecule has 0 aromatic carbocycles. The largest absolute Gasteiger partial charge is 0.325 e. The molecular weight excluding hydrogens is 214 g/mol. The van der Waals surface area contributed by atoms with E-state index in [-0.39, 0.29) is 0 Å². The van der Waals surface area contributed by atoms with Crippen LogP contribution in [0.5, 0.6) is 0 Å². The van der Waals surface area contributed by atoms with Crippen LogP contribution < -0.4 is 5.73 Å². The Labute approximate surface area is 90.6 Å². The lowest BCUT2D eigenvalue weighted by Crippen LogP contribution is -1.96. The summed E-state index contributed by atoms with van der Waals surface area (Å²) in [6.07, 6.45) is 0.836. The summed E-state index contributed by atoms with van der Waals surface area (Å²) in [6.45, 7) is 2.53. The number of nitrogens with zero attached hydrogens (tertiary/aromatic N) is 2. The number of aromatic nitrogens is 2. The molecular formula is C9H11N3S2. The second-order valence-corrected chi connectivity index (χ2v) is 4.88. The molecule has 2 N–H and O–H groups in total. The lowest BCUT2D eigenvalue weighted by molar-refractivity contribution is 0.976. The Morgan fingerprint density at radius 2 is 1.93 bits per heavy atom. The summed E-state index contributed by atoms with van der Waals surface area (Å²) in [5.74, 6) is 0. The molecule has 0 saturated heterocycles. The minimum absolute atomic E-state index is 0.521. The van der Waals surface area contributed by atoms with Crippen LogP contribution >= 0.6 is 22.7 Å². The van der Waals surface area contributed by atoms with Gasteiger partial charge in [0.1, 0.15) is 0 Å². The predicted octanol–water partition coefficient (Wildman–Crippen LogP) is 1.96. The monoisotopic (exact) mass is 225 g/mol. The summed E-state index contributed by atoms with van der Waals surface area (Å²) in [5, 5.41) is 6.29. The van der Waals surface area contributed by atoms with Crippen molar-refractivity contribution in [2.45, 2.75) is 19.9 Å². The van der Waals surface area contributed by atoms with Gasteiger partial charge >= 0.3 is 0 Å². The Kier molecular flexibility index (Phi) is 2.90. The quantitative estimate of drug-likeness (QED) is 0.868. The van der Waals surface area contributed by atoms with Gasteiger partial charge in [0.25, 0.3) is 0 Å². The second-order valence-electron chi connectivity index (χ2n) is 3.00. The van der Waals surface area contributed by atoms with Gasteiger partial charge in [0, 0.05) is 23.0 Å². The maximum atomic E-state index is 5.49. The van der Waals surface area contributed by atoms with E-state index in [0.29, 0.717) is 6.54 Å². The molecule has 0 atom stereocenters. The first-order valence-electron chi connectivity index (χ1n) is 4.32. The van der Waals surface area contributed by atoms with Crippen molar-refractivity contribution in [2.75, 3.05) is 0 Å². The van der Waals surface area contributed by atoms with Gasteiger partial charge in [-0.25, -0.2) is 9.97 Å². The van der Waals surface area contributed by atoms with E-state index in [4.69, 9.17) is 5.73 Å². The molecule has 5 heteroatoms. The van der Waals surface area contributed by atoms with Crippen molar-refractivity contribution >= 4 is 22.7 Å². The minimum Gasteiger partial charge on any atom is -0.325 e. The Hall–Kier alpha value is -0.780. The van der Waals surface area contributed by atoms with Crippen LogP contribution in [0.2, 0.25) is 0 Å². The fourth-order valence-corrected chi connectivity index (χ4v) is 2.82. The second kappa shape index (κ2) is 4.16. The first-order chi connectivity index (χ1) is 6.78. The van der Waals surface area contributed by atoms with E-state index in [1.165, 1.54) is 0 Å². The summed E-state index contributed by atoms with van der Waals surface area (Å²) < 4.78 is 0. The highest BCUT2D eigenvalue weighted by Crippen LogP contribution is 2.17. The summed E-state index contributed by atoms with van der Waals surface area (Å²) in [5.41, 5.74) is 7.55. The number of nitrogens with two attached hydrogens (primary N) is 1. The molecule has 0 aliphatic rings. The third-order valence-corrected chi connectivity index (χ3v) is 3.64. The van der Waals surface area contributed by atoms with Gasteiger partial charge in [-0.2, -0.15) is 0 Å². The van der Waals surface area contributed by atoms with Crippen molar-refractivity contribution in [2.24, 2.45) is 5.73 Å². The van der Waals surface area contributed by atoms with Gasteiger partial charge < -0.3 is 5.73 Å². The molecule has 0 aliphatic heterocycles. The molecule has 0 saturated carbocycles. The van der Waals surface area contributed by atoms with Crippen LogP contribution in [0.4, 0.5) is 0 Å². The molecule has 2 heterocycles. The highest BCUT2D eigenvalue weighted by molar-refractivity contribution is 7.11. The standard InChI is InChI=1S/C9H11N3S2/c1-6-4-13-8(11-6)2-9-12-7(3-10)5-14-9/h4-5H,2-3,10H2,1H3. The molecule has 2 rings (SSSR count). The SMILES string of the molecule is Cc1csc(Cc2nc(CN)cs2)n1. The third kappa shape index (κ3) is 2.17. The minimum atomic E-state index is 0.521. The molecule has 2 aromatic heterocycles. The van der Waals surface area contributed by atoms with Crippen molar-refractivity contribution in [1.82, 2.24) is 9.97 Å². The maximum Gasteiger partial charge on any atom is 0.0997 e. The normalized spacial score (nSPS) is 10.7. The average Bonchev–Trinajstić information content (AvgIpc) is 2.76. The smallest absolute Gasteiger partial charge is 0.0997 e. The summed E-state index contributed by atoms with van der Waals surface area (Å²) in [4.78, 5) is 8.79. The molecule has 0 unspecified atom stereocenters. The van der Waals surface area contributed by atoms with E-state index in [1.807, 2.05) is 12.3 Å². The molecule has 0 aliphatic carbocycles. The number of aryl methyl sites for hydroxylation is 1. The number of rotatable bonds is 3. The fraction of sp³-hybridized carbons (Fsp3) is 0.333. The van der Waals surface area contributed by atoms with E-state index in [2.05, 4.69) is 15.3 Å². The lowest BCUT2D eigenvalue weighted by Gasteiger charge is -1.89. The Balaban J connectivity index is 2.10. The van der Waals surface area contributed by atoms with E-state index >= 15 is 0 Å². The lowest BCUT2D eigenvalue weighted by atomic mass is 10.4. The van der Waals surface area contributed by atoms with Crippen LogP contribution in [0.25, 0.3) is 0 Å². The molecule has 0 amide bonds. The maximum absolute atomic E-state index is 5.49. The van der Waals surface area contributed by atoms with Crippen molar-refractivity contribution in [3.63, 3.8) is 0 Å². The number of hydrogen-bond donors (Lipinski definition) is 1. The Morgan fingerprint density at radius 3 is 2.50 bits per heavy atom. The van der Waals surface area contributed by atoms with Gasteiger partial charge in [-0.3, -0.25) is 0 Å². The van der Waals surface area contributed by atoms with E-state index in [9.17, 15) is 0 Å². The summed E-state index contributed by atoms with van der Waals surface area (Å²) in [6, 6.07) is 0. The fourth-order valence-electron chi connectivity index (χ4n) is 1.14. The van der Waals surface area contributed by atoms with Crippen LogP contribution in [0, 0.1) is 6.92 Å². The summed E-state index contributed by atoms with van der Waals surface area (Å²) >= 11 is 3.34. The van der Waals surface area contributed by atoms with Crippen LogP contribution in [-0.2, 0) is 13.0 Å². The van der Waals surface area contributed by atoms with E-state index in [1.54, 1.807) is 22.7 Å². The highest BCUT2D eigenvalue weighted by atomic mass is 32.1. The van der Waals surface area contributed by atoms with Crippen molar-refractivity contribution in [3.8, 4) is 0 Å². The molecule has 0 spiro atoms. The van der Waals surface area contributed by atoms with Crippen LogP contribution in [0.3, 0.4) is 0 Å². The molecule has 14 heavy (non-hydrogen) atoms. The van der Waals surface area contributed by atoms with E-state index in [0.717, 1.165) is 27.8 Å². The Bertz CT molecular complexity index is 419. The molecule has 0 fully saturated rings. The van der Waals surface area contributed by atoms with Gasteiger partial charge in [-0.05, 0) is 6.92 Å². The topological polar surface area (TPSA) is 51.8 Å². The number of hydrogen-bond acceptors (Lipinski definition) is 5. The van der Waals surface area contributed by atoms with Crippen molar-refractivity contribution < 1.29 is 0 Å². The van der Waals surface area contributed by atoms with Crippen molar-refractivity contribution in [3.05, 3.63) is 32.2 Å². The first-order valence-corrected chi connectivity index (χ1v) is 6.08. The zero-order valence-electron chi connectivity index (χ0n) is 7.86. The van der Waals surface area contributed by atoms with Crippen LogP contribution in [0.15, 0.2) is 10.8 Å². The van der Waals surface area contributed by atoms with Crippen molar-refractivity contribution in [1.29, 1.82) is 0 Å². The zero-order valence-corrected chi connectivity index (χ0v) is 9.49. The van der Waals surface area contributed by atoms with E-state index < -0.39 is 0 Å². The van der Waals surface area contributed by atoms with Gasteiger partial charge in [-0.15, -0.1) is 22.7 Å². The Morgan fingerprint density at radius 1 is 1.21 bits per heavy atom. The predicted molar refractivity (Wildman–Crippen MR) is 59.7 cm³/mol. The molecule has 0 radical (unpaired) electrons. The van der Waals surface area contributed by atoms with Crippen LogP contribution in [-0.4, -0.2) is 9.97 Å². The van der Waals surface area contributed by atoms with Gasteiger partial charge in [0.15, 0.2) is 0 Å². The molecule has 0 bridgehead atoms. The van der Waals surface area contributed by atoms with Gasteiger partial charge in [-0.1, -0.05) is 0 Å². The van der Waals surface area contributed by atoms with Gasteiger partial charge in [0.2, 0.25) is 0 Å². The number of thiazole rings is 2. The zero-order chi connectivity index (χ0) is 9.97. The molecule has 3 nitrogen and oxygen atoms in total. The average molecular weight is 225 g/mol.